The van der Waals surface area contributed by atoms with Crippen LogP contribution in [0.3, 0.4) is 0 Å². The molecule has 1 N–H and O–H groups in total. The molecule has 4 nitrogen and oxygen atoms in total. The van der Waals surface area contributed by atoms with E-state index in [0.29, 0.717) is 23.6 Å². The van der Waals surface area contributed by atoms with Crippen molar-refractivity contribution in [2.24, 2.45) is 0 Å². The van der Waals surface area contributed by atoms with Crippen molar-refractivity contribution in [2.75, 3.05) is 0 Å². The summed E-state index contributed by atoms with van der Waals surface area (Å²) in [6.07, 6.45) is 0.678. The van der Waals surface area contributed by atoms with Crippen LogP contribution in [0.15, 0.2) is 42.5 Å². The first-order valence-corrected chi connectivity index (χ1v) is 9.67. The number of carbonyl (C=O) groups excluding carboxylic acids is 1. The molecule has 0 saturated heterocycles. The van der Waals surface area contributed by atoms with E-state index < -0.39 is 6.10 Å². The smallest absolute Gasteiger partial charge is 0.261 e. The van der Waals surface area contributed by atoms with E-state index in [2.05, 4.69) is 5.32 Å². The lowest BCUT2D eigenvalue weighted by Gasteiger charge is -2.38. The number of rotatable bonds is 5. The van der Waals surface area contributed by atoms with Crippen molar-refractivity contribution in [3.63, 3.8) is 0 Å². The van der Waals surface area contributed by atoms with E-state index in [4.69, 9.17) is 21.1 Å². The molecule has 2 atom stereocenters. The lowest BCUT2D eigenvalue weighted by molar-refractivity contribution is -0.129. The van der Waals surface area contributed by atoms with Crippen molar-refractivity contribution in [1.82, 2.24) is 5.32 Å². The normalized spacial score (nSPS) is 18.8. The molecule has 0 unspecified atom stereocenters. The number of fused-ring (bicyclic) bond motifs is 1. The van der Waals surface area contributed by atoms with Crippen molar-refractivity contribution in [3.8, 4) is 11.5 Å². The maximum atomic E-state index is 12.9. The minimum Gasteiger partial charge on any atom is -0.487 e. The molecule has 1 aliphatic rings. The monoisotopic (exact) mass is 387 g/mol. The van der Waals surface area contributed by atoms with Gasteiger partial charge in [0, 0.05) is 17.0 Å². The van der Waals surface area contributed by atoms with Crippen LogP contribution < -0.4 is 14.8 Å². The van der Waals surface area contributed by atoms with Gasteiger partial charge in [-0.05, 0) is 57.0 Å². The quantitative estimate of drug-likeness (QED) is 0.764. The molecule has 0 saturated carbocycles. The van der Waals surface area contributed by atoms with Crippen LogP contribution >= 0.6 is 11.6 Å². The van der Waals surface area contributed by atoms with Gasteiger partial charge in [0.15, 0.2) is 6.10 Å². The third-order valence-corrected chi connectivity index (χ3v) is 4.92. The van der Waals surface area contributed by atoms with Crippen molar-refractivity contribution >= 4 is 17.5 Å². The molecule has 0 fully saturated rings. The Balaban J connectivity index is 1.77. The lowest BCUT2D eigenvalue weighted by Crippen LogP contribution is -2.45. The van der Waals surface area contributed by atoms with Gasteiger partial charge in [-0.25, -0.2) is 0 Å². The number of amides is 1. The summed E-state index contributed by atoms with van der Waals surface area (Å²) in [4.78, 5) is 12.9. The molecule has 1 heterocycles. The van der Waals surface area contributed by atoms with Gasteiger partial charge in [0.2, 0.25) is 0 Å². The SMILES string of the molecule is CC[C@H](Oc1cccc(Cl)c1)C(=O)N[C@H]1CC(C)(C)Oc2cc(C)ccc21. The molecule has 144 valence electrons. The van der Waals surface area contributed by atoms with Crippen LogP contribution in [-0.4, -0.2) is 17.6 Å². The largest absolute Gasteiger partial charge is 0.487 e. The third kappa shape index (κ3) is 4.75. The predicted octanol–water partition coefficient (Wildman–Crippen LogP) is 5.22. The van der Waals surface area contributed by atoms with E-state index in [1.165, 1.54) is 0 Å². The minimum atomic E-state index is -0.580. The average molecular weight is 388 g/mol. The molecule has 5 heteroatoms. The number of ether oxygens (including phenoxy) is 2. The highest BCUT2D eigenvalue weighted by Crippen LogP contribution is 2.40. The Morgan fingerprint density at radius 2 is 2.11 bits per heavy atom. The number of hydrogen-bond acceptors (Lipinski definition) is 3. The van der Waals surface area contributed by atoms with Gasteiger partial charge in [-0.3, -0.25) is 4.79 Å². The Morgan fingerprint density at radius 1 is 1.33 bits per heavy atom. The van der Waals surface area contributed by atoms with Crippen LogP contribution in [0.2, 0.25) is 5.02 Å². The van der Waals surface area contributed by atoms with Crippen LogP contribution in [0.5, 0.6) is 11.5 Å². The fraction of sp³-hybridized carbons (Fsp3) is 0.409. The molecular formula is C22H26ClNO3. The van der Waals surface area contributed by atoms with Gasteiger partial charge in [-0.2, -0.15) is 0 Å². The summed E-state index contributed by atoms with van der Waals surface area (Å²) in [7, 11) is 0. The van der Waals surface area contributed by atoms with E-state index >= 15 is 0 Å². The summed E-state index contributed by atoms with van der Waals surface area (Å²) >= 11 is 6.01. The topological polar surface area (TPSA) is 47.6 Å². The Labute approximate surface area is 165 Å². The molecular weight excluding hydrogens is 362 g/mol. The average Bonchev–Trinajstić information content (AvgIpc) is 2.58. The van der Waals surface area contributed by atoms with Crippen molar-refractivity contribution in [1.29, 1.82) is 0 Å². The van der Waals surface area contributed by atoms with E-state index in [1.54, 1.807) is 18.2 Å². The first kappa shape index (κ1) is 19.6. The van der Waals surface area contributed by atoms with Gasteiger partial charge in [-0.15, -0.1) is 0 Å². The molecule has 0 aliphatic carbocycles. The van der Waals surface area contributed by atoms with Gasteiger partial charge in [-0.1, -0.05) is 36.7 Å². The summed E-state index contributed by atoms with van der Waals surface area (Å²) in [5, 5.41) is 3.74. The second-order valence-corrected chi connectivity index (χ2v) is 8.08. The van der Waals surface area contributed by atoms with Crippen molar-refractivity contribution in [3.05, 3.63) is 58.6 Å². The van der Waals surface area contributed by atoms with Gasteiger partial charge in [0.1, 0.15) is 17.1 Å². The maximum absolute atomic E-state index is 12.9. The van der Waals surface area contributed by atoms with Crippen LogP contribution in [0.25, 0.3) is 0 Å². The standard InChI is InChI=1S/C22H26ClNO3/c1-5-19(26-16-8-6-7-15(23)12-16)21(25)24-18-13-22(3,4)27-20-11-14(2)9-10-17(18)20/h6-12,18-19H,5,13H2,1-4H3,(H,24,25)/t18-,19-/m0/s1. The second-order valence-electron chi connectivity index (χ2n) is 7.64. The Bertz CT molecular complexity index is 834. The number of carbonyl (C=O) groups is 1. The molecule has 27 heavy (non-hydrogen) atoms. The highest BCUT2D eigenvalue weighted by molar-refractivity contribution is 6.30. The Morgan fingerprint density at radius 3 is 2.81 bits per heavy atom. The highest BCUT2D eigenvalue weighted by atomic mass is 35.5. The van der Waals surface area contributed by atoms with E-state index in [1.807, 2.05) is 52.0 Å². The number of benzene rings is 2. The van der Waals surface area contributed by atoms with E-state index in [0.717, 1.165) is 16.9 Å². The fourth-order valence-corrected chi connectivity index (χ4v) is 3.56. The summed E-state index contributed by atoms with van der Waals surface area (Å²) in [5.74, 6) is 1.29. The van der Waals surface area contributed by atoms with Gasteiger partial charge in [0.25, 0.3) is 5.91 Å². The third-order valence-electron chi connectivity index (χ3n) is 4.68. The van der Waals surface area contributed by atoms with E-state index in [9.17, 15) is 4.79 Å². The predicted molar refractivity (Wildman–Crippen MR) is 108 cm³/mol. The first-order valence-electron chi connectivity index (χ1n) is 9.29. The van der Waals surface area contributed by atoms with Crippen molar-refractivity contribution in [2.45, 2.75) is 58.3 Å². The van der Waals surface area contributed by atoms with Gasteiger partial charge >= 0.3 is 0 Å². The van der Waals surface area contributed by atoms with Gasteiger partial charge in [0.05, 0.1) is 6.04 Å². The summed E-state index contributed by atoms with van der Waals surface area (Å²) < 4.78 is 12.0. The molecule has 3 rings (SSSR count). The molecule has 2 aromatic rings. The van der Waals surface area contributed by atoms with Crippen LogP contribution in [0, 0.1) is 6.92 Å². The zero-order chi connectivity index (χ0) is 19.6. The fourth-order valence-electron chi connectivity index (χ4n) is 3.38. The molecule has 0 bridgehead atoms. The highest BCUT2D eigenvalue weighted by Gasteiger charge is 2.35. The number of nitrogens with one attached hydrogen (secondary N) is 1. The molecule has 1 amide bonds. The molecule has 2 aromatic carbocycles. The van der Waals surface area contributed by atoms with Crippen LogP contribution in [0.1, 0.15) is 50.8 Å². The van der Waals surface area contributed by atoms with Crippen molar-refractivity contribution < 1.29 is 14.3 Å². The molecule has 0 radical (unpaired) electrons. The zero-order valence-electron chi connectivity index (χ0n) is 16.2. The lowest BCUT2D eigenvalue weighted by atomic mass is 9.89. The molecule has 1 aliphatic heterocycles. The zero-order valence-corrected chi connectivity index (χ0v) is 17.0. The number of aryl methyl sites for hydroxylation is 1. The number of hydrogen-bond donors (Lipinski definition) is 1. The Hall–Kier alpha value is -2.20. The minimum absolute atomic E-state index is 0.117. The summed E-state index contributed by atoms with van der Waals surface area (Å²) in [6.45, 7) is 8.04. The van der Waals surface area contributed by atoms with E-state index in [-0.39, 0.29) is 17.6 Å². The molecule has 0 aromatic heterocycles. The van der Waals surface area contributed by atoms with Gasteiger partial charge < -0.3 is 14.8 Å². The second kappa shape index (κ2) is 7.81. The maximum Gasteiger partial charge on any atom is 0.261 e. The summed E-state index contributed by atoms with van der Waals surface area (Å²) in [5.41, 5.74) is 1.78. The summed E-state index contributed by atoms with van der Waals surface area (Å²) in [6, 6.07) is 13.1. The number of halogens is 1. The molecule has 0 spiro atoms. The van der Waals surface area contributed by atoms with Crippen LogP contribution in [-0.2, 0) is 4.79 Å². The van der Waals surface area contributed by atoms with Crippen LogP contribution in [0.4, 0.5) is 0 Å². The Kier molecular flexibility index (Phi) is 5.66. The first-order chi connectivity index (χ1) is 12.8.